The Labute approximate surface area is 172 Å². The SMILES string of the molecule is C[Si](C)(C)OO.C[Si](C)(C)OO.C[Si](C)(C)OO.C[Si](C)(C)OO.[Ti]. The van der Waals surface area contributed by atoms with Crippen LogP contribution in [0.3, 0.4) is 0 Å². The molecule has 8 nitrogen and oxygen atoms in total. The first-order valence-corrected chi connectivity index (χ1v) is 21.2. The van der Waals surface area contributed by atoms with Gasteiger partial charge in [0.1, 0.15) is 0 Å². The fraction of sp³-hybridized carbons (Fsp3) is 1.00. The summed E-state index contributed by atoms with van der Waals surface area (Å²) in [7, 11) is -6.30. The molecule has 0 aliphatic carbocycles. The van der Waals surface area contributed by atoms with E-state index >= 15 is 0 Å². The zero-order valence-electron chi connectivity index (χ0n) is 17.9. The third-order valence-electron chi connectivity index (χ3n) is 1.10. The Kier molecular flexibility index (Phi) is 25.8. The summed E-state index contributed by atoms with van der Waals surface area (Å²) in [4.78, 5) is 0. The molecule has 0 atom stereocenters. The number of hydrogen-bond donors (Lipinski definition) is 4. The van der Waals surface area contributed by atoms with Crippen molar-refractivity contribution >= 4 is 33.3 Å². The monoisotopic (exact) mass is 472 g/mol. The van der Waals surface area contributed by atoms with Crippen LogP contribution in [0.4, 0.5) is 0 Å². The van der Waals surface area contributed by atoms with Crippen molar-refractivity contribution in [3.8, 4) is 0 Å². The molecular weight excluding hydrogens is 432 g/mol. The van der Waals surface area contributed by atoms with E-state index in [1.807, 2.05) is 78.6 Å². The topological polar surface area (TPSA) is 118 Å². The summed E-state index contributed by atoms with van der Waals surface area (Å²) in [5.74, 6) is 0. The van der Waals surface area contributed by atoms with Gasteiger partial charge >= 0.3 is 0 Å². The maximum Gasteiger partial charge on any atom is 0.229 e. The van der Waals surface area contributed by atoms with Gasteiger partial charge in [0.15, 0.2) is 0 Å². The molecule has 25 heavy (non-hydrogen) atoms. The molecule has 13 heteroatoms. The van der Waals surface area contributed by atoms with Crippen molar-refractivity contribution < 1.29 is 61.1 Å². The second kappa shape index (κ2) is 17.4. The molecule has 0 heterocycles. The number of hydrogen-bond acceptors (Lipinski definition) is 8. The van der Waals surface area contributed by atoms with Gasteiger partial charge in [-0.25, -0.2) is 0 Å². The van der Waals surface area contributed by atoms with Gasteiger partial charge in [0.25, 0.3) is 0 Å². The Bertz CT molecular complexity index is 216. The second-order valence-corrected chi connectivity index (χ2v) is 26.4. The molecule has 0 amide bonds. The molecule has 156 valence electrons. The van der Waals surface area contributed by atoms with E-state index in [9.17, 15) is 0 Å². The molecule has 0 saturated carbocycles. The van der Waals surface area contributed by atoms with E-state index in [-0.39, 0.29) is 21.7 Å². The van der Waals surface area contributed by atoms with Crippen LogP contribution >= 0.6 is 0 Å². The van der Waals surface area contributed by atoms with Crippen LogP contribution in [-0.2, 0) is 40.0 Å². The molecule has 0 aromatic heterocycles. The van der Waals surface area contributed by atoms with E-state index in [0.717, 1.165) is 0 Å². The van der Waals surface area contributed by atoms with Crippen molar-refractivity contribution in [2.45, 2.75) is 78.6 Å². The minimum absolute atomic E-state index is 0. The molecular formula is C12H40O8Si4Ti. The largest absolute Gasteiger partial charge is 0.290 e. The molecule has 0 radical (unpaired) electrons. The van der Waals surface area contributed by atoms with Gasteiger partial charge in [0.2, 0.25) is 33.3 Å². The van der Waals surface area contributed by atoms with Gasteiger partial charge in [-0.1, -0.05) is 0 Å². The van der Waals surface area contributed by atoms with Gasteiger partial charge in [-0.3, -0.25) is 39.3 Å². The van der Waals surface area contributed by atoms with E-state index in [1.54, 1.807) is 0 Å². The minimum atomic E-state index is -1.58. The van der Waals surface area contributed by atoms with Crippen LogP contribution in [0.25, 0.3) is 0 Å². The summed E-state index contributed by atoms with van der Waals surface area (Å²) in [5, 5.41) is 31.9. The fourth-order valence-electron chi connectivity index (χ4n) is 0. The van der Waals surface area contributed by atoms with Crippen LogP contribution in [0.1, 0.15) is 0 Å². The molecule has 0 bridgehead atoms. The van der Waals surface area contributed by atoms with Crippen LogP contribution in [0.15, 0.2) is 0 Å². The van der Waals surface area contributed by atoms with Gasteiger partial charge in [0, 0.05) is 21.7 Å². The first-order valence-electron chi connectivity index (χ1n) is 7.55. The van der Waals surface area contributed by atoms with Gasteiger partial charge in [-0.2, -0.15) is 0 Å². The first-order chi connectivity index (χ1) is 10.2. The molecule has 0 aliphatic heterocycles. The summed E-state index contributed by atoms with van der Waals surface area (Å²) in [5.41, 5.74) is 0. The third-order valence-corrected chi connectivity index (χ3v) is 3.29. The standard InChI is InChI=1S/4C3H10O2Si.Ti/c4*1-6(2,3)5-4;/h4*4H,1-3H3;. The van der Waals surface area contributed by atoms with Crippen molar-refractivity contribution in [1.29, 1.82) is 0 Å². The molecule has 0 rings (SSSR count). The maximum absolute atomic E-state index is 7.96. The molecule has 0 fully saturated rings. The third kappa shape index (κ3) is 77.7. The Morgan fingerprint density at radius 3 is 0.400 bits per heavy atom. The Balaban J connectivity index is -0.0000000702. The Morgan fingerprint density at radius 1 is 0.360 bits per heavy atom. The molecule has 0 aromatic carbocycles. The van der Waals surface area contributed by atoms with E-state index in [1.165, 1.54) is 0 Å². The molecule has 0 saturated heterocycles. The predicted octanol–water partition coefficient (Wildman–Crippen LogP) is 5.24. The van der Waals surface area contributed by atoms with E-state index in [4.69, 9.17) is 21.0 Å². The quantitative estimate of drug-likeness (QED) is 0.249. The van der Waals surface area contributed by atoms with Crippen molar-refractivity contribution in [1.82, 2.24) is 0 Å². The van der Waals surface area contributed by atoms with Crippen LogP contribution < -0.4 is 0 Å². The Morgan fingerprint density at radius 2 is 0.400 bits per heavy atom. The van der Waals surface area contributed by atoms with Crippen LogP contribution in [0.5, 0.6) is 0 Å². The van der Waals surface area contributed by atoms with Crippen LogP contribution in [0.2, 0.25) is 78.6 Å². The average molecular weight is 473 g/mol. The second-order valence-electron chi connectivity index (χ2n) is 8.81. The van der Waals surface area contributed by atoms with Crippen molar-refractivity contribution in [2.24, 2.45) is 0 Å². The summed E-state index contributed by atoms with van der Waals surface area (Å²) >= 11 is 0. The normalized spacial score (nSPS) is 11.5. The molecule has 0 aliphatic rings. The average Bonchev–Trinajstić information content (AvgIpc) is 2.37. The van der Waals surface area contributed by atoms with Crippen LogP contribution in [-0.4, -0.2) is 54.3 Å². The molecule has 0 spiro atoms. The molecule has 0 aromatic rings. The van der Waals surface area contributed by atoms with Crippen LogP contribution in [0, 0.1) is 0 Å². The minimum Gasteiger partial charge on any atom is -0.290 e. The van der Waals surface area contributed by atoms with Gasteiger partial charge in [0.05, 0.1) is 0 Å². The first kappa shape index (κ1) is 37.1. The zero-order valence-corrected chi connectivity index (χ0v) is 23.5. The van der Waals surface area contributed by atoms with Crippen molar-refractivity contribution in [2.75, 3.05) is 0 Å². The van der Waals surface area contributed by atoms with Crippen molar-refractivity contribution in [3.05, 3.63) is 0 Å². The van der Waals surface area contributed by atoms with Gasteiger partial charge in [-0.05, 0) is 78.6 Å². The molecule has 4 N–H and O–H groups in total. The smallest absolute Gasteiger partial charge is 0.229 e. The maximum atomic E-state index is 7.96. The Hall–Kier alpha value is 1.26. The van der Waals surface area contributed by atoms with E-state index in [2.05, 4.69) is 18.3 Å². The van der Waals surface area contributed by atoms with E-state index < -0.39 is 33.3 Å². The predicted molar refractivity (Wildman–Crippen MR) is 108 cm³/mol. The molecule has 0 unspecified atom stereocenters. The summed E-state index contributed by atoms with van der Waals surface area (Å²) < 4.78 is 16.3. The van der Waals surface area contributed by atoms with Gasteiger partial charge < -0.3 is 0 Å². The van der Waals surface area contributed by atoms with E-state index in [0.29, 0.717) is 0 Å². The zero-order chi connectivity index (χ0) is 20.8. The van der Waals surface area contributed by atoms with Gasteiger partial charge in [-0.15, -0.1) is 0 Å². The van der Waals surface area contributed by atoms with Crippen molar-refractivity contribution in [3.63, 3.8) is 0 Å². The summed E-state index contributed by atoms with van der Waals surface area (Å²) in [6.45, 7) is 22.9. The summed E-state index contributed by atoms with van der Waals surface area (Å²) in [6.07, 6.45) is 0. The number of rotatable bonds is 4. The fourth-order valence-corrected chi connectivity index (χ4v) is 0. The summed E-state index contributed by atoms with van der Waals surface area (Å²) in [6, 6.07) is 0.